The zero-order chi connectivity index (χ0) is 12.1. The Labute approximate surface area is 95.6 Å². The van der Waals surface area contributed by atoms with Crippen molar-refractivity contribution in [3.05, 3.63) is 17.7 Å². The van der Waals surface area contributed by atoms with Gasteiger partial charge in [0.25, 0.3) is 0 Å². The number of carbonyl (C=O) groups excluding carboxylic acids is 1. The Kier molecular flexibility index (Phi) is 4.49. The molecule has 0 aliphatic heterocycles. The lowest BCUT2D eigenvalue weighted by molar-refractivity contribution is -0.145. The van der Waals surface area contributed by atoms with Crippen molar-refractivity contribution in [2.24, 2.45) is 5.73 Å². The number of aryl methyl sites for hydroxylation is 2. The number of esters is 1. The van der Waals surface area contributed by atoms with Gasteiger partial charge >= 0.3 is 5.97 Å². The molecule has 0 fully saturated rings. The van der Waals surface area contributed by atoms with Crippen LogP contribution in [0.5, 0.6) is 0 Å². The number of carbonyl (C=O) groups is 1. The maximum absolute atomic E-state index is 11.4. The van der Waals surface area contributed by atoms with Gasteiger partial charge in [0.05, 0.1) is 12.3 Å². The molecule has 0 aliphatic carbocycles. The van der Waals surface area contributed by atoms with Crippen LogP contribution in [0, 0.1) is 6.92 Å². The fourth-order valence-electron chi connectivity index (χ4n) is 1.57. The summed E-state index contributed by atoms with van der Waals surface area (Å²) in [6.07, 6.45) is 2.72. The van der Waals surface area contributed by atoms with E-state index in [1.54, 1.807) is 6.92 Å². The molecule has 1 atom stereocenters. The van der Waals surface area contributed by atoms with Crippen molar-refractivity contribution >= 4 is 5.97 Å². The summed E-state index contributed by atoms with van der Waals surface area (Å²) in [6, 6.07) is -0.626. The number of rotatable bonds is 5. The number of imidazole rings is 1. The Hall–Kier alpha value is -1.36. The molecule has 5 heteroatoms. The molecule has 0 saturated carbocycles. The summed E-state index contributed by atoms with van der Waals surface area (Å²) in [4.78, 5) is 15.7. The van der Waals surface area contributed by atoms with Gasteiger partial charge in [0.2, 0.25) is 0 Å². The lowest BCUT2D eigenvalue weighted by Gasteiger charge is -2.12. The molecule has 16 heavy (non-hydrogen) atoms. The van der Waals surface area contributed by atoms with Crippen molar-refractivity contribution in [3.8, 4) is 0 Å². The smallest absolute Gasteiger partial charge is 0.324 e. The minimum absolute atomic E-state index is 0.357. The molecule has 0 saturated heterocycles. The lowest BCUT2D eigenvalue weighted by atomic mass is 10.3. The summed E-state index contributed by atoms with van der Waals surface area (Å²) in [5, 5.41) is 0. The monoisotopic (exact) mass is 225 g/mol. The summed E-state index contributed by atoms with van der Waals surface area (Å²) >= 11 is 0. The molecule has 1 unspecified atom stereocenters. The number of hydrogen-bond acceptors (Lipinski definition) is 4. The van der Waals surface area contributed by atoms with Gasteiger partial charge in [0, 0.05) is 19.2 Å². The van der Waals surface area contributed by atoms with E-state index in [0.717, 1.165) is 17.9 Å². The second-order valence-corrected chi connectivity index (χ2v) is 3.66. The Bertz CT molecular complexity index is 360. The molecule has 0 spiro atoms. The summed E-state index contributed by atoms with van der Waals surface area (Å²) in [5.74, 6) is 0.577. The van der Waals surface area contributed by atoms with Crippen LogP contribution in [0.25, 0.3) is 0 Å². The van der Waals surface area contributed by atoms with E-state index < -0.39 is 6.04 Å². The number of nitrogens with two attached hydrogens (primary N) is 1. The van der Waals surface area contributed by atoms with E-state index in [1.807, 2.05) is 24.6 Å². The normalized spacial score (nSPS) is 12.5. The average molecular weight is 225 g/mol. The van der Waals surface area contributed by atoms with E-state index in [9.17, 15) is 4.79 Å². The van der Waals surface area contributed by atoms with Crippen molar-refractivity contribution in [1.29, 1.82) is 0 Å². The topological polar surface area (TPSA) is 70.1 Å². The maximum atomic E-state index is 11.4. The van der Waals surface area contributed by atoms with Crippen LogP contribution >= 0.6 is 0 Å². The van der Waals surface area contributed by atoms with Gasteiger partial charge in [-0.15, -0.1) is 0 Å². The summed E-state index contributed by atoms with van der Waals surface area (Å²) in [6.45, 7) is 6.49. The van der Waals surface area contributed by atoms with E-state index in [0.29, 0.717) is 13.2 Å². The molecule has 0 aliphatic rings. The van der Waals surface area contributed by atoms with Gasteiger partial charge in [-0.1, -0.05) is 6.92 Å². The van der Waals surface area contributed by atoms with Crippen LogP contribution in [0.1, 0.15) is 25.4 Å². The van der Waals surface area contributed by atoms with E-state index in [1.165, 1.54) is 0 Å². The van der Waals surface area contributed by atoms with E-state index in [-0.39, 0.29) is 5.97 Å². The summed E-state index contributed by atoms with van der Waals surface area (Å²) in [5.41, 5.74) is 6.68. The molecule has 1 heterocycles. The standard InChI is InChI=1S/C11H19N3O2/c1-4-10-13-8(3)6-14(10)7-9(12)11(15)16-5-2/h6,9H,4-5,7,12H2,1-3H3. The van der Waals surface area contributed by atoms with Crippen LogP contribution in [0.15, 0.2) is 6.20 Å². The van der Waals surface area contributed by atoms with Gasteiger partial charge in [-0.05, 0) is 13.8 Å². The average Bonchev–Trinajstić information content (AvgIpc) is 2.59. The third-order valence-corrected chi connectivity index (χ3v) is 2.28. The van der Waals surface area contributed by atoms with Crippen LogP contribution in [-0.4, -0.2) is 28.2 Å². The number of nitrogens with zero attached hydrogens (tertiary/aromatic N) is 2. The highest BCUT2D eigenvalue weighted by Crippen LogP contribution is 2.04. The van der Waals surface area contributed by atoms with Crippen molar-refractivity contribution < 1.29 is 9.53 Å². The van der Waals surface area contributed by atoms with Gasteiger partial charge in [-0.2, -0.15) is 0 Å². The maximum Gasteiger partial charge on any atom is 0.324 e. The minimum Gasteiger partial charge on any atom is -0.465 e. The molecule has 90 valence electrons. The minimum atomic E-state index is -0.626. The van der Waals surface area contributed by atoms with Crippen molar-refractivity contribution in [2.75, 3.05) is 6.61 Å². The molecular formula is C11H19N3O2. The third-order valence-electron chi connectivity index (χ3n) is 2.28. The SMILES string of the molecule is CCOC(=O)C(N)Cn1cc(C)nc1CC. The first kappa shape index (κ1) is 12.7. The Morgan fingerprint density at radius 3 is 2.88 bits per heavy atom. The molecule has 5 nitrogen and oxygen atoms in total. The van der Waals surface area contributed by atoms with Crippen LogP contribution < -0.4 is 5.73 Å². The zero-order valence-electron chi connectivity index (χ0n) is 10.1. The first-order valence-corrected chi connectivity index (χ1v) is 5.53. The number of hydrogen-bond donors (Lipinski definition) is 1. The second kappa shape index (κ2) is 5.65. The van der Waals surface area contributed by atoms with Gasteiger partial charge in [0.15, 0.2) is 0 Å². The van der Waals surface area contributed by atoms with Gasteiger partial charge in [-0.3, -0.25) is 4.79 Å². The first-order chi connectivity index (χ1) is 7.58. The van der Waals surface area contributed by atoms with Gasteiger partial charge in [0.1, 0.15) is 11.9 Å². The van der Waals surface area contributed by atoms with Crippen molar-refractivity contribution in [2.45, 2.75) is 39.8 Å². The molecule has 0 bridgehead atoms. The van der Waals surface area contributed by atoms with Crippen LogP contribution in [0.4, 0.5) is 0 Å². The van der Waals surface area contributed by atoms with Crippen LogP contribution in [-0.2, 0) is 22.5 Å². The molecule has 0 amide bonds. The van der Waals surface area contributed by atoms with E-state index in [4.69, 9.17) is 10.5 Å². The Balaban J connectivity index is 2.68. The quantitative estimate of drug-likeness (QED) is 0.747. The van der Waals surface area contributed by atoms with Crippen LogP contribution in [0.3, 0.4) is 0 Å². The van der Waals surface area contributed by atoms with Crippen molar-refractivity contribution in [3.63, 3.8) is 0 Å². The van der Waals surface area contributed by atoms with E-state index >= 15 is 0 Å². The lowest BCUT2D eigenvalue weighted by Crippen LogP contribution is -2.36. The molecule has 0 aromatic carbocycles. The van der Waals surface area contributed by atoms with E-state index in [2.05, 4.69) is 4.98 Å². The predicted octanol–water partition coefficient (Wildman–Crippen LogP) is 0.644. The second-order valence-electron chi connectivity index (χ2n) is 3.66. The van der Waals surface area contributed by atoms with Crippen LogP contribution in [0.2, 0.25) is 0 Å². The first-order valence-electron chi connectivity index (χ1n) is 5.53. The molecule has 0 radical (unpaired) electrons. The highest BCUT2D eigenvalue weighted by Gasteiger charge is 2.16. The highest BCUT2D eigenvalue weighted by molar-refractivity contribution is 5.75. The molecule has 1 aromatic heterocycles. The number of aromatic nitrogens is 2. The van der Waals surface area contributed by atoms with Gasteiger partial charge in [-0.25, -0.2) is 4.98 Å². The van der Waals surface area contributed by atoms with Crippen molar-refractivity contribution in [1.82, 2.24) is 9.55 Å². The Morgan fingerprint density at radius 1 is 1.62 bits per heavy atom. The fraction of sp³-hybridized carbons (Fsp3) is 0.636. The molecule has 1 rings (SSSR count). The van der Waals surface area contributed by atoms with Gasteiger partial charge < -0.3 is 15.0 Å². The summed E-state index contributed by atoms with van der Waals surface area (Å²) < 4.78 is 6.77. The zero-order valence-corrected chi connectivity index (χ0v) is 10.1. The molecular weight excluding hydrogens is 206 g/mol. The highest BCUT2D eigenvalue weighted by atomic mass is 16.5. The number of ether oxygens (including phenoxy) is 1. The molecule has 2 N–H and O–H groups in total. The Morgan fingerprint density at radius 2 is 2.31 bits per heavy atom. The fourth-order valence-corrected chi connectivity index (χ4v) is 1.57. The predicted molar refractivity (Wildman–Crippen MR) is 61.0 cm³/mol. The summed E-state index contributed by atoms with van der Waals surface area (Å²) in [7, 11) is 0. The molecule has 1 aromatic rings. The third kappa shape index (κ3) is 3.06. The largest absolute Gasteiger partial charge is 0.465 e.